The summed E-state index contributed by atoms with van der Waals surface area (Å²) in [5.41, 5.74) is 0.0953. The number of aliphatic hydroxyl groups is 1. The highest BCUT2D eigenvalue weighted by atomic mass is 19.1. The summed E-state index contributed by atoms with van der Waals surface area (Å²) in [5.74, 6) is 0.197. The van der Waals surface area contributed by atoms with Crippen LogP contribution in [0.15, 0.2) is 65.2 Å². The minimum absolute atomic E-state index is 0.0655. The summed E-state index contributed by atoms with van der Waals surface area (Å²) >= 11 is 0. The monoisotopic (exact) mass is 440 g/mol. The molecule has 1 aromatic heterocycles. The number of aliphatic hydroxyl groups excluding tert-OH is 1. The molecule has 1 aliphatic carbocycles. The third-order valence-corrected chi connectivity index (χ3v) is 5.60. The summed E-state index contributed by atoms with van der Waals surface area (Å²) in [5, 5.41) is 14.7. The van der Waals surface area contributed by atoms with Gasteiger partial charge in [-0.25, -0.2) is 4.39 Å². The van der Waals surface area contributed by atoms with E-state index in [0.29, 0.717) is 24.4 Å². The Hall–Kier alpha value is -3.39. The van der Waals surface area contributed by atoms with E-state index in [1.54, 1.807) is 19.2 Å². The topological polar surface area (TPSA) is 85.0 Å². The standard InChI is InChI=1S/C24H25FN2O5/c1-27(20-11-7-13-22(23(20)28)31-16-8-3-2-4-9-16)24(29)19-14-17(32-26-19)15-30-21-12-6-5-10-18(21)25/h2-6,8-10,12,14,20,22-23,28H,7,11,13,15H2,1H3/t20-,22-,23-/m1/s1. The molecule has 4 rings (SSSR count). The van der Waals surface area contributed by atoms with Crippen LogP contribution in [0.5, 0.6) is 11.5 Å². The first-order chi connectivity index (χ1) is 15.5. The zero-order chi connectivity index (χ0) is 22.5. The van der Waals surface area contributed by atoms with Gasteiger partial charge in [-0.2, -0.15) is 0 Å². The van der Waals surface area contributed by atoms with Gasteiger partial charge in [0.25, 0.3) is 5.91 Å². The summed E-state index contributed by atoms with van der Waals surface area (Å²) in [7, 11) is 1.63. The lowest BCUT2D eigenvalue weighted by Crippen LogP contribution is -2.53. The molecule has 0 radical (unpaired) electrons. The van der Waals surface area contributed by atoms with Crippen LogP contribution in [0.1, 0.15) is 35.5 Å². The summed E-state index contributed by atoms with van der Waals surface area (Å²) in [6.45, 7) is -0.0655. The van der Waals surface area contributed by atoms with Crippen LogP contribution in [-0.4, -0.2) is 46.4 Å². The van der Waals surface area contributed by atoms with Crippen molar-refractivity contribution in [2.45, 2.75) is 44.1 Å². The summed E-state index contributed by atoms with van der Waals surface area (Å²) in [6, 6.07) is 16.4. The zero-order valence-corrected chi connectivity index (χ0v) is 17.7. The third-order valence-electron chi connectivity index (χ3n) is 5.60. The van der Waals surface area contributed by atoms with E-state index in [4.69, 9.17) is 14.0 Å². The first-order valence-electron chi connectivity index (χ1n) is 10.5. The Balaban J connectivity index is 1.38. The fraction of sp³-hybridized carbons (Fsp3) is 0.333. The van der Waals surface area contributed by atoms with Crippen molar-refractivity contribution in [2.24, 2.45) is 0 Å². The molecule has 1 heterocycles. The van der Waals surface area contributed by atoms with E-state index in [-0.39, 0.29) is 24.0 Å². The molecule has 7 nitrogen and oxygen atoms in total. The van der Waals surface area contributed by atoms with Crippen LogP contribution < -0.4 is 9.47 Å². The van der Waals surface area contributed by atoms with Gasteiger partial charge in [0.05, 0.1) is 6.04 Å². The molecule has 0 saturated heterocycles. The summed E-state index contributed by atoms with van der Waals surface area (Å²) in [6.07, 6.45) is 0.925. The molecule has 1 amide bonds. The van der Waals surface area contributed by atoms with Crippen LogP contribution in [0.25, 0.3) is 0 Å². The van der Waals surface area contributed by atoms with E-state index in [9.17, 15) is 14.3 Å². The Morgan fingerprint density at radius 1 is 1.19 bits per heavy atom. The Kier molecular flexibility index (Phi) is 6.70. The average Bonchev–Trinajstić information content (AvgIpc) is 3.29. The fourth-order valence-corrected chi connectivity index (χ4v) is 3.87. The van der Waals surface area contributed by atoms with Gasteiger partial charge < -0.3 is 24.0 Å². The molecular weight excluding hydrogens is 415 g/mol. The van der Waals surface area contributed by atoms with Crippen LogP contribution in [0.4, 0.5) is 4.39 Å². The number of para-hydroxylation sites is 2. The van der Waals surface area contributed by atoms with E-state index < -0.39 is 24.1 Å². The highest BCUT2D eigenvalue weighted by Crippen LogP contribution is 2.28. The van der Waals surface area contributed by atoms with Crippen LogP contribution in [0.2, 0.25) is 0 Å². The predicted molar refractivity (Wildman–Crippen MR) is 114 cm³/mol. The molecule has 1 saturated carbocycles. The lowest BCUT2D eigenvalue weighted by Gasteiger charge is -2.39. The van der Waals surface area contributed by atoms with E-state index in [1.165, 1.54) is 23.1 Å². The molecule has 0 bridgehead atoms. The number of nitrogens with zero attached hydrogens (tertiary/aromatic N) is 2. The van der Waals surface area contributed by atoms with Gasteiger partial charge in [0.15, 0.2) is 23.0 Å². The number of hydrogen-bond acceptors (Lipinski definition) is 6. The Labute approximate surface area is 185 Å². The van der Waals surface area contributed by atoms with E-state index >= 15 is 0 Å². The minimum Gasteiger partial charge on any atom is -0.488 e. The molecule has 2 aromatic carbocycles. The highest BCUT2D eigenvalue weighted by Gasteiger charge is 2.38. The molecule has 3 aromatic rings. The molecule has 1 N–H and O–H groups in total. The smallest absolute Gasteiger partial charge is 0.276 e. The van der Waals surface area contributed by atoms with Gasteiger partial charge in [0.2, 0.25) is 0 Å². The van der Waals surface area contributed by atoms with Crippen molar-refractivity contribution in [1.29, 1.82) is 0 Å². The van der Waals surface area contributed by atoms with E-state index in [2.05, 4.69) is 5.16 Å². The number of rotatable bonds is 7. The number of ether oxygens (including phenoxy) is 2. The van der Waals surface area contributed by atoms with Gasteiger partial charge in [-0.3, -0.25) is 4.79 Å². The fourth-order valence-electron chi connectivity index (χ4n) is 3.87. The van der Waals surface area contributed by atoms with Gasteiger partial charge in [-0.15, -0.1) is 0 Å². The Morgan fingerprint density at radius 2 is 1.94 bits per heavy atom. The molecule has 1 fully saturated rings. The molecule has 3 atom stereocenters. The van der Waals surface area contributed by atoms with Gasteiger partial charge in [0, 0.05) is 13.1 Å². The van der Waals surface area contributed by atoms with Gasteiger partial charge >= 0.3 is 0 Å². The maximum absolute atomic E-state index is 13.7. The predicted octanol–water partition coefficient (Wildman–Crippen LogP) is 3.83. The number of carbonyl (C=O) groups is 1. The second-order valence-corrected chi connectivity index (χ2v) is 7.77. The van der Waals surface area contributed by atoms with Crippen molar-refractivity contribution in [1.82, 2.24) is 10.1 Å². The second-order valence-electron chi connectivity index (χ2n) is 7.77. The molecular formula is C24H25FN2O5. The molecule has 1 aliphatic rings. The summed E-state index contributed by atoms with van der Waals surface area (Å²) in [4.78, 5) is 14.4. The first-order valence-corrected chi connectivity index (χ1v) is 10.5. The molecule has 32 heavy (non-hydrogen) atoms. The third kappa shape index (κ3) is 4.91. The number of hydrogen-bond donors (Lipinski definition) is 1. The molecule has 8 heteroatoms. The van der Waals surface area contributed by atoms with Crippen molar-refractivity contribution in [3.63, 3.8) is 0 Å². The maximum Gasteiger partial charge on any atom is 0.276 e. The number of carbonyl (C=O) groups excluding carboxylic acids is 1. The van der Waals surface area contributed by atoms with Crippen molar-refractivity contribution in [2.75, 3.05) is 7.05 Å². The largest absolute Gasteiger partial charge is 0.488 e. The molecule has 0 unspecified atom stereocenters. The lowest BCUT2D eigenvalue weighted by molar-refractivity contribution is -0.0414. The molecule has 0 spiro atoms. The minimum atomic E-state index is -0.839. The van der Waals surface area contributed by atoms with Crippen molar-refractivity contribution < 1.29 is 28.3 Å². The number of amides is 1. The maximum atomic E-state index is 13.7. The Bertz CT molecular complexity index is 1040. The van der Waals surface area contributed by atoms with Gasteiger partial charge in [0.1, 0.15) is 24.6 Å². The van der Waals surface area contributed by atoms with Crippen LogP contribution in [0, 0.1) is 5.82 Å². The van der Waals surface area contributed by atoms with Crippen LogP contribution >= 0.6 is 0 Å². The first kappa shape index (κ1) is 21.8. The quantitative estimate of drug-likeness (QED) is 0.601. The SMILES string of the molecule is CN(C(=O)c1cc(COc2ccccc2F)on1)[C@@H]1CCC[C@@H](Oc2ccccc2)[C@@H]1O. The van der Waals surface area contributed by atoms with Crippen molar-refractivity contribution in [3.8, 4) is 11.5 Å². The number of aromatic nitrogens is 1. The second kappa shape index (κ2) is 9.82. The molecule has 168 valence electrons. The lowest BCUT2D eigenvalue weighted by atomic mass is 9.88. The zero-order valence-electron chi connectivity index (χ0n) is 17.7. The van der Waals surface area contributed by atoms with Crippen molar-refractivity contribution >= 4 is 5.91 Å². The number of benzene rings is 2. The summed E-state index contributed by atoms with van der Waals surface area (Å²) < 4.78 is 30.2. The van der Waals surface area contributed by atoms with E-state index in [1.807, 2.05) is 30.3 Å². The highest BCUT2D eigenvalue weighted by molar-refractivity contribution is 5.92. The molecule has 0 aliphatic heterocycles. The normalized spacial score (nSPS) is 20.5. The number of halogens is 1. The van der Waals surface area contributed by atoms with Crippen molar-refractivity contribution in [3.05, 3.63) is 77.9 Å². The van der Waals surface area contributed by atoms with Gasteiger partial charge in [-0.1, -0.05) is 35.5 Å². The average molecular weight is 440 g/mol. The van der Waals surface area contributed by atoms with E-state index in [0.717, 1.165) is 6.42 Å². The number of likely N-dealkylation sites (N-methyl/N-ethyl adjacent to an activating group) is 1. The van der Waals surface area contributed by atoms with Gasteiger partial charge in [-0.05, 0) is 43.5 Å². The van der Waals surface area contributed by atoms with Crippen LogP contribution in [-0.2, 0) is 6.61 Å². The Morgan fingerprint density at radius 3 is 2.72 bits per heavy atom. The van der Waals surface area contributed by atoms with Crippen LogP contribution in [0.3, 0.4) is 0 Å².